The van der Waals surface area contributed by atoms with Gasteiger partial charge in [0.2, 0.25) is 0 Å². The Morgan fingerprint density at radius 2 is 1.75 bits per heavy atom. The maximum Gasteiger partial charge on any atom is 0.180 e. The number of benzene rings is 2. The molecule has 0 bridgehead atoms. The highest BCUT2D eigenvalue weighted by Crippen LogP contribution is 2.37. The minimum atomic E-state index is 0.0414. The summed E-state index contributed by atoms with van der Waals surface area (Å²) in [4.78, 5) is 0. The summed E-state index contributed by atoms with van der Waals surface area (Å²) in [5, 5.41) is 4.74. The van der Waals surface area contributed by atoms with E-state index in [4.69, 9.17) is 32.7 Å². The van der Waals surface area contributed by atoms with Gasteiger partial charge >= 0.3 is 0 Å². The SMILES string of the molecule is COc1cc(CNCCc2ccc(Cl)cc2)cc(Cl)c1OC(C)C. The van der Waals surface area contributed by atoms with E-state index >= 15 is 0 Å². The average molecular weight is 368 g/mol. The summed E-state index contributed by atoms with van der Waals surface area (Å²) in [6.07, 6.45) is 0.982. The molecule has 0 aliphatic heterocycles. The average Bonchev–Trinajstić information content (AvgIpc) is 2.55. The van der Waals surface area contributed by atoms with Gasteiger partial charge in [0.25, 0.3) is 0 Å². The van der Waals surface area contributed by atoms with E-state index in [1.54, 1.807) is 7.11 Å². The quantitative estimate of drug-likeness (QED) is 0.656. The van der Waals surface area contributed by atoms with E-state index in [-0.39, 0.29) is 6.10 Å². The van der Waals surface area contributed by atoms with E-state index in [1.807, 2.05) is 50.2 Å². The van der Waals surface area contributed by atoms with Gasteiger partial charge in [-0.15, -0.1) is 0 Å². The predicted molar refractivity (Wildman–Crippen MR) is 101 cm³/mol. The van der Waals surface area contributed by atoms with Crippen LogP contribution in [0, 0.1) is 0 Å². The summed E-state index contributed by atoms with van der Waals surface area (Å²) in [5.74, 6) is 1.25. The molecule has 0 radical (unpaired) electrons. The first-order valence-corrected chi connectivity index (χ1v) is 8.73. The maximum absolute atomic E-state index is 6.34. The van der Waals surface area contributed by atoms with E-state index in [2.05, 4.69) is 5.32 Å². The molecule has 2 aromatic carbocycles. The van der Waals surface area contributed by atoms with Gasteiger partial charge in [-0.3, -0.25) is 0 Å². The molecule has 24 heavy (non-hydrogen) atoms. The molecule has 130 valence electrons. The van der Waals surface area contributed by atoms with E-state index in [0.717, 1.165) is 23.6 Å². The third-order valence-electron chi connectivity index (χ3n) is 3.48. The third-order valence-corrected chi connectivity index (χ3v) is 4.01. The van der Waals surface area contributed by atoms with Crippen molar-refractivity contribution in [3.8, 4) is 11.5 Å². The van der Waals surface area contributed by atoms with Crippen LogP contribution < -0.4 is 14.8 Å². The molecule has 0 amide bonds. The molecule has 0 aliphatic rings. The van der Waals surface area contributed by atoms with Crippen LogP contribution in [0.15, 0.2) is 36.4 Å². The molecule has 0 saturated heterocycles. The first-order chi connectivity index (χ1) is 11.5. The van der Waals surface area contributed by atoms with E-state index in [0.29, 0.717) is 23.1 Å². The van der Waals surface area contributed by atoms with Crippen LogP contribution in [0.1, 0.15) is 25.0 Å². The highest BCUT2D eigenvalue weighted by Gasteiger charge is 2.13. The fourth-order valence-corrected chi connectivity index (χ4v) is 2.75. The molecule has 0 unspecified atom stereocenters. The predicted octanol–water partition coefficient (Wildman–Crippen LogP) is 5.12. The van der Waals surface area contributed by atoms with Gasteiger partial charge in [-0.1, -0.05) is 35.3 Å². The molecule has 0 heterocycles. The standard InChI is InChI=1S/C19H23Cl2NO2/c1-13(2)24-19-17(21)10-15(11-18(19)23-3)12-22-9-8-14-4-6-16(20)7-5-14/h4-7,10-11,13,22H,8-9,12H2,1-3H3. The zero-order valence-corrected chi connectivity index (χ0v) is 15.7. The summed E-state index contributed by atoms with van der Waals surface area (Å²) >= 11 is 12.2. The van der Waals surface area contributed by atoms with Crippen molar-refractivity contribution >= 4 is 23.2 Å². The van der Waals surface area contributed by atoms with Crippen LogP contribution in [0.5, 0.6) is 11.5 Å². The molecule has 2 aromatic rings. The highest BCUT2D eigenvalue weighted by molar-refractivity contribution is 6.32. The Hall–Kier alpha value is -1.42. The first-order valence-electron chi connectivity index (χ1n) is 7.98. The number of ether oxygens (including phenoxy) is 2. The van der Waals surface area contributed by atoms with E-state index in [9.17, 15) is 0 Å². The van der Waals surface area contributed by atoms with Crippen molar-refractivity contribution in [2.75, 3.05) is 13.7 Å². The van der Waals surface area contributed by atoms with Crippen LogP contribution in [-0.2, 0) is 13.0 Å². The molecule has 0 fully saturated rings. The van der Waals surface area contributed by atoms with Crippen LogP contribution in [-0.4, -0.2) is 19.8 Å². The van der Waals surface area contributed by atoms with Crippen LogP contribution in [0.2, 0.25) is 10.0 Å². The molecule has 0 spiro atoms. The van der Waals surface area contributed by atoms with Crippen LogP contribution in [0.25, 0.3) is 0 Å². The summed E-state index contributed by atoms with van der Waals surface area (Å²) in [6.45, 7) is 5.50. The van der Waals surface area contributed by atoms with Crippen LogP contribution in [0.3, 0.4) is 0 Å². The number of methoxy groups -OCH3 is 1. The fourth-order valence-electron chi connectivity index (χ4n) is 2.34. The smallest absolute Gasteiger partial charge is 0.180 e. The topological polar surface area (TPSA) is 30.5 Å². The Bertz CT molecular complexity index is 657. The van der Waals surface area contributed by atoms with Gasteiger partial charge in [0.1, 0.15) is 0 Å². The normalized spacial score (nSPS) is 10.9. The Morgan fingerprint density at radius 1 is 1.04 bits per heavy atom. The Balaban J connectivity index is 1.92. The lowest BCUT2D eigenvalue weighted by atomic mass is 10.1. The van der Waals surface area contributed by atoms with Crippen molar-refractivity contribution < 1.29 is 9.47 Å². The summed E-state index contributed by atoms with van der Waals surface area (Å²) in [7, 11) is 1.62. The van der Waals surface area contributed by atoms with Gasteiger partial charge in [0.15, 0.2) is 11.5 Å². The van der Waals surface area contributed by atoms with Crippen molar-refractivity contribution in [1.29, 1.82) is 0 Å². The first kappa shape index (κ1) is 18.9. The number of hydrogen-bond donors (Lipinski definition) is 1. The van der Waals surface area contributed by atoms with Gasteiger partial charge in [0.05, 0.1) is 18.2 Å². The fraction of sp³-hybridized carbons (Fsp3) is 0.368. The van der Waals surface area contributed by atoms with E-state index < -0.39 is 0 Å². The lowest BCUT2D eigenvalue weighted by Gasteiger charge is -2.16. The lowest BCUT2D eigenvalue weighted by Crippen LogP contribution is -2.17. The minimum absolute atomic E-state index is 0.0414. The second-order valence-electron chi connectivity index (χ2n) is 5.83. The summed E-state index contributed by atoms with van der Waals surface area (Å²) < 4.78 is 11.1. The van der Waals surface area contributed by atoms with E-state index in [1.165, 1.54) is 5.56 Å². The molecule has 0 atom stereocenters. The van der Waals surface area contributed by atoms with Gasteiger partial charge in [-0.2, -0.15) is 0 Å². The van der Waals surface area contributed by atoms with Crippen molar-refractivity contribution in [2.24, 2.45) is 0 Å². The van der Waals surface area contributed by atoms with Crippen molar-refractivity contribution in [3.63, 3.8) is 0 Å². The van der Waals surface area contributed by atoms with Crippen molar-refractivity contribution in [3.05, 3.63) is 57.6 Å². The molecule has 2 rings (SSSR count). The number of nitrogens with one attached hydrogen (secondary N) is 1. The van der Waals surface area contributed by atoms with Gasteiger partial charge in [-0.25, -0.2) is 0 Å². The Labute approximate surface area is 153 Å². The van der Waals surface area contributed by atoms with Crippen molar-refractivity contribution in [2.45, 2.75) is 32.9 Å². The van der Waals surface area contributed by atoms with Gasteiger partial charge < -0.3 is 14.8 Å². The molecule has 1 N–H and O–H groups in total. The van der Waals surface area contributed by atoms with Gasteiger partial charge in [-0.05, 0) is 62.2 Å². The Kier molecular flexibility index (Phi) is 7.22. The second-order valence-corrected chi connectivity index (χ2v) is 6.67. The van der Waals surface area contributed by atoms with Crippen LogP contribution >= 0.6 is 23.2 Å². The molecule has 0 aromatic heterocycles. The van der Waals surface area contributed by atoms with Crippen LogP contribution in [0.4, 0.5) is 0 Å². The second kappa shape index (κ2) is 9.16. The summed E-state index contributed by atoms with van der Waals surface area (Å²) in [6, 6.07) is 11.8. The number of rotatable bonds is 8. The highest BCUT2D eigenvalue weighted by atomic mass is 35.5. The molecule has 3 nitrogen and oxygen atoms in total. The maximum atomic E-state index is 6.34. The third kappa shape index (κ3) is 5.59. The zero-order valence-electron chi connectivity index (χ0n) is 14.2. The summed E-state index contributed by atoms with van der Waals surface area (Å²) in [5.41, 5.74) is 2.31. The van der Waals surface area contributed by atoms with Crippen molar-refractivity contribution in [1.82, 2.24) is 5.32 Å². The lowest BCUT2D eigenvalue weighted by molar-refractivity contribution is 0.230. The van der Waals surface area contributed by atoms with Gasteiger partial charge in [0, 0.05) is 11.6 Å². The largest absolute Gasteiger partial charge is 0.493 e. The zero-order chi connectivity index (χ0) is 17.5. The minimum Gasteiger partial charge on any atom is -0.493 e. The molecular formula is C19H23Cl2NO2. The number of hydrogen-bond acceptors (Lipinski definition) is 3. The molecule has 5 heteroatoms. The molecular weight excluding hydrogens is 345 g/mol. The molecule has 0 saturated carbocycles. The number of halogens is 2. The Morgan fingerprint density at radius 3 is 2.38 bits per heavy atom. The molecule has 0 aliphatic carbocycles. The monoisotopic (exact) mass is 367 g/mol.